The third-order valence-electron chi connectivity index (χ3n) is 5.00. The number of piperidine rings is 1. The summed E-state index contributed by atoms with van der Waals surface area (Å²) in [4.78, 5) is 14.5. The van der Waals surface area contributed by atoms with Gasteiger partial charge in [0.2, 0.25) is 5.91 Å². The monoisotopic (exact) mass is 302 g/mol. The predicted octanol–water partition coefficient (Wildman–Crippen LogP) is 3.22. The standard InChI is InChI=1S/C16H30N2O.ClH/c1-4-12(3)11-18(5-2)16(19)10-13-8-14-6-7-15(9-13)17-14;/h12-15,17H,4-11H2,1-3H3;1H. The van der Waals surface area contributed by atoms with E-state index in [2.05, 4.69) is 31.0 Å². The largest absolute Gasteiger partial charge is 0.343 e. The Morgan fingerprint density at radius 1 is 1.25 bits per heavy atom. The molecule has 118 valence electrons. The minimum atomic E-state index is 0. The molecule has 20 heavy (non-hydrogen) atoms. The van der Waals surface area contributed by atoms with Crippen LogP contribution in [0.5, 0.6) is 0 Å². The summed E-state index contributed by atoms with van der Waals surface area (Å²) in [6.45, 7) is 8.34. The van der Waals surface area contributed by atoms with Crippen molar-refractivity contribution in [1.82, 2.24) is 10.2 Å². The highest BCUT2D eigenvalue weighted by atomic mass is 35.5. The van der Waals surface area contributed by atoms with Crippen molar-refractivity contribution >= 4 is 18.3 Å². The van der Waals surface area contributed by atoms with Crippen molar-refractivity contribution < 1.29 is 4.79 Å². The van der Waals surface area contributed by atoms with Crippen molar-refractivity contribution in [2.24, 2.45) is 11.8 Å². The Hall–Kier alpha value is -0.280. The van der Waals surface area contributed by atoms with Crippen LogP contribution < -0.4 is 5.32 Å². The minimum Gasteiger partial charge on any atom is -0.343 e. The third-order valence-corrected chi connectivity index (χ3v) is 5.00. The van der Waals surface area contributed by atoms with Crippen LogP contribution in [0.1, 0.15) is 59.3 Å². The van der Waals surface area contributed by atoms with Gasteiger partial charge in [0.25, 0.3) is 0 Å². The van der Waals surface area contributed by atoms with Gasteiger partial charge in [0.05, 0.1) is 0 Å². The zero-order chi connectivity index (χ0) is 13.8. The Bertz CT molecular complexity index is 299. The van der Waals surface area contributed by atoms with Crippen molar-refractivity contribution in [2.75, 3.05) is 13.1 Å². The normalized spacial score (nSPS) is 29.6. The van der Waals surface area contributed by atoms with E-state index in [-0.39, 0.29) is 12.4 Å². The van der Waals surface area contributed by atoms with Gasteiger partial charge in [-0.05, 0) is 44.4 Å². The predicted molar refractivity (Wildman–Crippen MR) is 86.2 cm³/mol. The van der Waals surface area contributed by atoms with Crippen LogP contribution in [0, 0.1) is 11.8 Å². The van der Waals surface area contributed by atoms with Crippen LogP contribution in [0.25, 0.3) is 0 Å². The van der Waals surface area contributed by atoms with Crippen LogP contribution >= 0.6 is 12.4 Å². The summed E-state index contributed by atoms with van der Waals surface area (Å²) in [7, 11) is 0. The molecule has 0 aromatic carbocycles. The fraction of sp³-hybridized carbons (Fsp3) is 0.938. The van der Waals surface area contributed by atoms with Crippen molar-refractivity contribution in [1.29, 1.82) is 0 Å². The quantitative estimate of drug-likeness (QED) is 0.817. The van der Waals surface area contributed by atoms with Gasteiger partial charge in [-0.1, -0.05) is 20.3 Å². The van der Waals surface area contributed by atoms with Crippen LogP contribution in [0.2, 0.25) is 0 Å². The van der Waals surface area contributed by atoms with Crippen LogP contribution in [0.4, 0.5) is 0 Å². The molecular weight excluding hydrogens is 272 g/mol. The number of hydrogen-bond donors (Lipinski definition) is 1. The second-order valence-electron chi connectivity index (χ2n) is 6.63. The molecule has 2 aliphatic rings. The molecule has 2 bridgehead atoms. The summed E-state index contributed by atoms with van der Waals surface area (Å²) in [5.41, 5.74) is 0. The molecule has 2 aliphatic heterocycles. The average Bonchev–Trinajstić information content (AvgIpc) is 2.74. The highest BCUT2D eigenvalue weighted by molar-refractivity contribution is 5.85. The molecule has 2 saturated heterocycles. The number of carbonyl (C=O) groups excluding carboxylic acids is 1. The maximum Gasteiger partial charge on any atom is 0.222 e. The van der Waals surface area contributed by atoms with E-state index in [0.717, 1.165) is 25.9 Å². The van der Waals surface area contributed by atoms with Gasteiger partial charge in [0, 0.05) is 31.6 Å². The van der Waals surface area contributed by atoms with Crippen molar-refractivity contribution in [3.63, 3.8) is 0 Å². The first-order valence-corrected chi connectivity index (χ1v) is 8.16. The summed E-state index contributed by atoms with van der Waals surface area (Å²) < 4.78 is 0. The molecule has 0 radical (unpaired) electrons. The number of amides is 1. The number of nitrogens with one attached hydrogen (secondary N) is 1. The third kappa shape index (κ3) is 4.63. The molecule has 3 unspecified atom stereocenters. The van der Waals surface area contributed by atoms with Gasteiger partial charge in [-0.15, -0.1) is 12.4 Å². The highest BCUT2D eigenvalue weighted by Crippen LogP contribution is 2.33. The lowest BCUT2D eigenvalue weighted by molar-refractivity contribution is -0.132. The van der Waals surface area contributed by atoms with E-state index < -0.39 is 0 Å². The van der Waals surface area contributed by atoms with Gasteiger partial charge in [0.15, 0.2) is 0 Å². The lowest BCUT2D eigenvalue weighted by atomic mass is 9.89. The summed E-state index contributed by atoms with van der Waals surface area (Å²) in [5.74, 6) is 1.62. The van der Waals surface area contributed by atoms with Crippen LogP contribution in [-0.2, 0) is 4.79 Å². The average molecular weight is 303 g/mol. The summed E-state index contributed by atoms with van der Waals surface area (Å²) in [5, 5.41) is 3.65. The molecule has 0 aliphatic carbocycles. The number of carbonyl (C=O) groups is 1. The summed E-state index contributed by atoms with van der Waals surface area (Å²) in [6.07, 6.45) is 6.99. The lowest BCUT2D eigenvalue weighted by Crippen LogP contribution is -2.41. The van der Waals surface area contributed by atoms with Gasteiger partial charge in [-0.3, -0.25) is 4.79 Å². The smallest absolute Gasteiger partial charge is 0.222 e. The van der Waals surface area contributed by atoms with Gasteiger partial charge < -0.3 is 10.2 Å². The maximum absolute atomic E-state index is 12.4. The topological polar surface area (TPSA) is 32.3 Å². The first kappa shape index (κ1) is 17.8. The molecule has 1 N–H and O–H groups in total. The van der Waals surface area contributed by atoms with E-state index in [1.165, 1.54) is 25.7 Å². The maximum atomic E-state index is 12.4. The van der Waals surface area contributed by atoms with E-state index in [4.69, 9.17) is 0 Å². The van der Waals surface area contributed by atoms with E-state index in [1.54, 1.807) is 0 Å². The molecule has 1 amide bonds. The van der Waals surface area contributed by atoms with Gasteiger partial charge >= 0.3 is 0 Å². The first-order valence-electron chi connectivity index (χ1n) is 8.16. The molecule has 0 aromatic rings. The second kappa shape index (κ2) is 8.23. The number of fused-ring (bicyclic) bond motifs is 2. The highest BCUT2D eigenvalue weighted by Gasteiger charge is 2.34. The van der Waals surface area contributed by atoms with Crippen LogP contribution in [-0.4, -0.2) is 36.0 Å². The van der Waals surface area contributed by atoms with Crippen LogP contribution in [0.3, 0.4) is 0 Å². The number of hydrogen-bond acceptors (Lipinski definition) is 2. The lowest BCUT2D eigenvalue weighted by Gasteiger charge is -2.31. The van der Waals surface area contributed by atoms with E-state index >= 15 is 0 Å². The SMILES string of the molecule is CCC(C)CN(CC)C(=O)CC1CC2CCC(C1)N2.Cl. The number of nitrogens with zero attached hydrogens (tertiary/aromatic N) is 1. The van der Waals surface area contributed by atoms with Crippen molar-refractivity contribution in [3.05, 3.63) is 0 Å². The van der Waals surface area contributed by atoms with Crippen molar-refractivity contribution in [3.8, 4) is 0 Å². The fourth-order valence-electron chi connectivity index (χ4n) is 3.63. The molecule has 0 aromatic heterocycles. The molecule has 3 nitrogen and oxygen atoms in total. The molecule has 4 heteroatoms. The molecule has 2 heterocycles. The molecule has 2 fully saturated rings. The van der Waals surface area contributed by atoms with Gasteiger partial charge in [0.1, 0.15) is 0 Å². The van der Waals surface area contributed by atoms with Gasteiger partial charge in [-0.2, -0.15) is 0 Å². The molecule has 3 atom stereocenters. The summed E-state index contributed by atoms with van der Waals surface area (Å²) in [6, 6.07) is 1.39. The summed E-state index contributed by atoms with van der Waals surface area (Å²) >= 11 is 0. The van der Waals surface area contributed by atoms with E-state index in [1.807, 2.05) is 0 Å². The fourth-order valence-corrected chi connectivity index (χ4v) is 3.63. The number of rotatable bonds is 6. The zero-order valence-corrected chi connectivity index (χ0v) is 14.0. The molecule has 0 saturated carbocycles. The van der Waals surface area contributed by atoms with Gasteiger partial charge in [-0.25, -0.2) is 0 Å². The van der Waals surface area contributed by atoms with Crippen molar-refractivity contribution in [2.45, 2.75) is 71.4 Å². The Labute approximate surface area is 130 Å². The Morgan fingerprint density at radius 3 is 2.35 bits per heavy atom. The van der Waals surface area contributed by atoms with E-state index in [0.29, 0.717) is 29.8 Å². The Balaban J connectivity index is 0.00000200. The Morgan fingerprint density at radius 2 is 1.85 bits per heavy atom. The first-order chi connectivity index (χ1) is 9.12. The molecule has 2 rings (SSSR count). The molecular formula is C16H31ClN2O. The van der Waals surface area contributed by atoms with Crippen LogP contribution in [0.15, 0.2) is 0 Å². The second-order valence-corrected chi connectivity index (χ2v) is 6.63. The Kier molecular flexibility index (Phi) is 7.32. The zero-order valence-electron chi connectivity index (χ0n) is 13.2. The number of halogens is 1. The molecule has 0 spiro atoms. The minimum absolute atomic E-state index is 0. The van der Waals surface area contributed by atoms with E-state index in [9.17, 15) is 4.79 Å².